The Hall–Kier alpha value is -1.83. The number of rotatable bonds is 5. The molecule has 134 valence electrons. The minimum absolute atomic E-state index is 0.120. The summed E-state index contributed by atoms with van der Waals surface area (Å²) >= 11 is 0. The summed E-state index contributed by atoms with van der Waals surface area (Å²) in [6.45, 7) is 2.77. The summed E-state index contributed by atoms with van der Waals surface area (Å²) in [7, 11) is -3.42. The number of halogens is 2. The number of piperazine rings is 1. The average molecular weight is 366 g/mol. The van der Waals surface area contributed by atoms with E-state index >= 15 is 0 Å². The van der Waals surface area contributed by atoms with Crippen LogP contribution in [0.5, 0.6) is 0 Å². The van der Waals surface area contributed by atoms with Gasteiger partial charge in [0.15, 0.2) is 0 Å². The van der Waals surface area contributed by atoms with Crippen molar-refractivity contribution in [1.82, 2.24) is 9.21 Å². The van der Waals surface area contributed by atoms with E-state index in [-0.39, 0.29) is 17.4 Å². The van der Waals surface area contributed by atoms with E-state index in [1.54, 1.807) is 12.1 Å². The molecule has 0 radical (unpaired) electrons. The number of benzene rings is 2. The summed E-state index contributed by atoms with van der Waals surface area (Å²) in [5.74, 6) is -0.762. The molecule has 0 aliphatic carbocycles. The molecule has 0 aromatic heterocycles. The average Bonchev–Trinajstić information content (AvgIpc) is 2.59. The van der Waals surface area contributed by atoms with Gasteiger partial charge in [-0.3, -0.25) is 4.90 Å². The molecule has 0 N–H and O–H groups in total. The van der Waals surface area contributed by atoms with Crippen LogP contribution in [0.3, 0.4) is 0 Å². The van der Waals surface area contributed by atoms with Crippen molar-refractivity contribution in [2.75, 3.05) is 26.2 Å². The number of hydrogen-bond acceptors (Lipinski definition) is 3. The Labute approximate surface area is 146 Å². The van der Waals surface area contributed by atoms with E-state index in [1.165, 1.54) is 40.7 Å². The van der Waals surface area contributed by atoms with Gasteiger partial charge in [-0.2, -0.15) is 4.31 Å². The van der Waals surface area contributed by atoms with Gasteiger partial charge in [0.1, 0.15) is 11.6 Å². The molecule has 4 nitrogen and oxygen atoms in total. The molecule has 0 saturated carbocycles. The quantitative estimate of drug-likeness (QED) is 0.817. The molecule has 2 aromatic rings. The highest BCUT2D eigenvalue weighted by atomic mass is 32.2. The Morgan fingerprint density at radius 1 is 0.760 bits per heavy atom. The molecule has 3 rings (SSSR count). The summed E-state index contributed by atoms with van der Waals surface area (Å²) in [5, 5.41) is 0. The Morgan fingerprint density at radius 3 is 1.76 bits per heavy atom. The molecule has 0 bridgehead atoms. The maximum absolute atomic E-state index is 12.9. The van der Waals surface area contributed by atoms with Crippen LogP contribution in [0.1, 0.15) is 11.1 Å². The van der Waals surface area contributed by atoms with Crippen molar-refractivity contribution in [3.63, 3.8) is 0 Å². The summed E-state index contributed by atoms with van der Waals surface area (Å²) in [5.41, 5.74) is 1.58. The van der Waals surface area contributed by atoms with Crippen LogP contribution < -0.4 is 0 Å². The van der Waals surface area contributed by atoms with Gasteiger partial charge in [0.05, 0.1) is 5.75 Å². The Bertz CT molecular complexity index is 800. The van der Waals surface area contributed by atoms with Crippen LogP contribution in [0.2, 0.25) is 0 Å². The SMILES string of the molecule is O=S(=O)(Cc1ccc(F)cc1)N1CCN(Cc2ccc(F)cc2)CC1. The van der Waals surface area contributed by atoms with E-state index in [1.807, 2.05) is 0 Å². The zero-order valence-electron chi connectivity index (χ0n) is 13.7. The first-order chi connectivity index (χ1) is 11.9. The zero-order chi connectivity index (χ0) is 17.9. The number of sulfonamides is 1. The second-order valence-corrected chi connectivity index (χ2v) is 8.15. The second-order valence-electron chi connectivity index (χ2n) is 6.18. The second kappa shape index (κ2) is 7.59. The van der Waals surface area contributed by atoms with Crippen LogP contribution in [0.4, 0.5) is 8.78 Å². The lowest BCUT2D eigenvalue weighted by atomic mass is 10.2. The molecule has 1 aliphatic heterocycles. The van der Waals surface area contributed by atoms with E-state index in [9.17, 15) is 17.2 Å². The highest BCUT2D eigenvalue weighted by molar-refractivity contribution is 7.88. The van der Waals surface area contributed by atoms with Gasteiger partial charge >= 0.3 is 0 Å². The van der Waals surface area contributed by atoms with E-state index in [0.717, 1.165) is 5.56 Å². The molecule has 1 fully saturated rings. The predicted octanol–water partition coefficient (Wildman–Crippen LogP) is 2.61. The van der Waals surface area contributed by atoms with Crippen molar-refractivity contribution in [3.05, 3.63) is 71.3 Å². The van der Waals surface area contributed by atoms with Crippen molar-refractivity contribution < 1.29 is 17.2 Å². The number of nitrogens with zero attached hydrogens (tertiary/aromatic N) is 2. The van der Waals surface area contributed by atoms with Crippen LogP contribution >= 0.6 is 0 Å². The molecule has 0 spiro atoms. The molecule has 0 amide bonds. The van der Waals surface area contributed by atoms with Crippen LogP contribution in [0, 0.1) is 11.6 Å². The summed E-state index contributed by atoms with van der Waals surface area (Å²) in [6.07, 6.45) is 0. The van der Waals surface area contributed by atoms with Gasteiger partial charge in [-0.25, -0.2) is 17.2 Å². The van der Waals surface area contributed by atoms with Crippen LogP contribution in [0.25, 0.3) is 0 Å². The molecule has 1 heterocycles. The Morgan fingerprint density at radius 2 is 1.24 bits per heavy atom. The maximum atomic E-state index is 12.9. The predicted molar refractivity (Wildman–Crippen MR) is 92.3 cm³/mol. The smallest absolute Gasteiger partial charge is 0.218 e. The van der Waals surface area contributed by atoms with Gasteiger partial charge in [-0.15, -0.1) is 0 Å². The first kappa shape index (κ1) is 18.0. The Kier molecular flexibility index (Phi) is 5.46. The first-order valence-corrected chi connectivity index (χ1v) is 9.72. The third-order valence-electron chi connectivity index (χ3n) is 4.31. The lowest BCUT2D eigenvalue weighted by Crippen LogP contribution is -2.48. The molecule has 2 aromatic carbocycles. The van der Waals surface area contributed by atoms with Crippen LogP contribution in [-0.2, 0) is 22.3 Å². The molecular formula is C18H20F2N2O2S. The zero-order valence-corrected chi connectivity index (χ0v) is 14.6. The number of hydrogen-bond donors (Lipinski definition) is 0. The van der Waals surface area contributed by atoms with E-state index < -0.39 is 10.0 Å². The molecule has 1 saturated heterocycles. The molecule has 0 atom stereocenters. The van der Waals surface area contributed by atoms with E-state index in [0.29, 0.717) is 38.3 Å². The van der Waals surface area contributed by atoms with E-state index in [2.05, 4.69) is 4.90 Å². The highest BCUT2D eigenvalue weighted by Gasteiger charge is 2.27. The summed E-state index contributed by atoms with van der Waals surface area (Å²) < 4.78 is 52.4. The van der Waals surface area contributed by atoms with Crippen molar-refractivity contribution in [3.8, 4) is 0 Å². The summed E-state index contributed by atoms with van der Waals surface area (Å²) in [4.78, 5) is 2.15. The lowest BCUT2D eigenvalue weighted by Gasteiger charge is -2.34. The van der Waals surface area contributed by atoms with Crippen molar-refractivity contribution >= 4 is 10.0 Å². The molecule has 7 heteroatoms. The minimum Gasteiger partial charge on any atom is -0.296 e. The van der Waals surface area contributed by atoms with Gasteiger partial charge < -0.3 is 0 Å². The third-order valence-corrected chi connectivity index (χ3v) is 6.16. The van der Waals surface area contributed by atoms with Crippen LogP contribution in [0.15, 0.2) is 48.5 Å². The normalized spacial score (nSPS) is 16.9. The first-order valence-electron chi connectivity index (χ1n) is 8.11. The minimum atomic E-state index is -3.42. The lowest BCUT2D eigenvalue weighted by molar-refractivity contribution is 0.181. The molecule has 25 heavy (non-hydrogen) atoms. The van der Waals surface area contributed by atoms with Gasteiger partial charge in [-0.1, -0.05) is 24.3 Å². The standard InChI is InChI=1S/C18H20F2N2O2S/c19-17-5-1-15(2-6-17)13-21-9-11-22(12-10-21)25(23,24)14-16-3-7-18(20)8-4-16/h1-8H,9-14H2. The topological polar surface area (TPSA) is 40.6 Å². The Balaban J connectivity index is 1.55. The summed E-state index contributed by atoms with van der Waals surface area (Å²) in [6, 6.07) is 11.9. The fourth-order valence-corrected chi connectivity index (χ4v) is 4.41. The largest absolute Gasteiger partial charge is 0.296 e. The van der Waals surface area contributed by atoms with Crippen molar-refractivity contribution in [1.29, 1.82) is 0 Å². The molecule has 0 unspecified atom stereocenters. The van der Waals surface area contributed by atoms with Crippen LogP contribution in [-0.4, -0.2) is 43.8 Å². The monoisotopic (exact) mass is 366 g/mol. The third kappa shape index (κ3) is 4.84. The van der Waals surface area contributed by atoms with Gasteiger partial charge in [0.2, 0.25) is 10.0 Å². The molecular weight excluding hydrogens is 346 g/mol. The highest BCUT2D eigenvalue weighted by Crippen LogP contribution is 2.16. The fourth-order valence-electron chi connectivity index (χ4n) is 2.90. The van der Waals surface area contributed by atoms with Crippen molar-refractivity contribution in [2.45, 2.75) is 12.3 Å². The maximum Gasteiger partial charge on any atom is 0.218 e. The van der Waals surface area contributed by atoms with Gasteiger partial charge in [0.25, 0.3) is 0 Å². The van der Waals surface area contributed by atoms with Gasteiger partial charge in [0, 0.05) is 32.7 Å². The van der Waals surface area contributed by atoms with Crippen molar-refractivity contribution in [2.24, 2.45) is 0 Å². The van der Waals surface area contributed by atoms with E-state index in [4.69, 9.17) is 0 Å². The van der Waals surface area contributed by atoms with Gasteiger partial charge in [-0.05, 0) is 35.4 Å². The fraction of sp³-hybridized carbons (Fsp3) is 0.333. The molecule has 1 aliphatic rings.